The highest BCUT2D eigenvalue weighted by Gasteiger charge is 2.20. The van der Waals surface area contributed by atoms with Crippen LogP contribution in [0.5, 0.6) is 0 Å². The lowest BCUT2D eigenvalue weighted by Gasteiger charge is -2.22. The molecule has 0 heterocycles. The first kappa shape index (κ1) is 15.0. The van der Waals surface area contributed by atoms with Gasteiger partial charge in [-0.2, -0.15) is 0 Å². The van der Waals surface area contributed by atoms with Gasteiger partial charge < -0.3 is 10.3 Å². The average Bonchev–Trinajstić information content (AvgIpc) is 2.47. The standard InChI is InChI=1S/C16H18FN3O/c1-3-20(12-7-4-6-11(2)10-12)16(21)13-8-5-9-14(17)15(13)19-18/h4-10,19H,3,18H2,1-2H3. The van der Waals surface area contributed by atoms with Gasteiger partial charge in [-0.15, -0.1) is 0 Å². The summed E-state index contributed by atoms with van der Waals surface area (Å²) in [4.78, 5) is 14.3. The lowest BCUT2D eigenvalue weighted by Crippen LogP contribution is -2.32. The van der Waals surface area contributed by atoms with Crippen molar-refractivity contribution in [2.75, 3.05) is 16.9 Å². The van der Waals surface area contributed by atoms with E-state index in [1.165, 1.54) is 12.1 Å². The van der Waals surface area contributed by atoms with E-state index in [0.29, 0.717) is 6.54 Å². The molecule has 0 unspecified atom stereocenters. The first-order valence-corrected chi connectivity index (χ1v) is 6.72. The largest absolute Gasteiger partial charge is 0.321 e. The smallest absolute Gasteiger partial charge is 0.260 e. The summed E-state index contributed by atoms with van der Waals surface area (Å²) in [6, 6.07) is 11.9. The number of para-hydroxylation sites is 1. The number of anilines is 2. The molecule has 5 heteroatoms. The molecule has 3 N–H and O–H groups in total. The Hall–Kier alpha value is -2.40. The summed E-state index contributed by atoms with van der Waals surface area (Å²) < 4.78 is 13.7. The van der Waals surface area contributed by atoms with E-state index in [1.807, 2.05) is 38.1 Å². The Kier molecular flexibility index (Phi) is 4.55. The number of hydrazine groups is 1. The average molecular weight is 287 g/mol. The number of nitrogens with zero attached hydrogens (tertiary/aromatic N) is 1. The molecule has 0 aliphatic rings. The summed E-state index contributed by atoms with van der Waals surface area (Å²) in [6.45, 7) is 4.30. The maximum absolute atomic E-state index is 13.7. The van der Waals surface area contributed by atoms with E-state index in [4.69, 9.17) is 5.84 Å². The first-order valence-electron chi connectivity index (χ1n) is 6.72. The third kappa shape index (κ3) is 3.03. The van der Waals surface area contributed by atoms with Crippen LogP contribution in [0.3, 0.4) is 0 Å². The van der Waals surface area contributed by atoms with Crippen molar-refractivity contribution in [3.8, 4) is 0 Å². The molecular weight excluding hydrogens is 269 g/mol. The number of hydrogen-bond donors (Lipinski definition) is 2. The van der Waals surface area contributed by atoms with Crippen molar-refractivity contribution >= 4 is 17.3 Å². The van der Waals surface area contributed by atoms with Crippen LogP contribution < -0.4 is 16.2 Å². The van der Waals surface area contributed by atoms with E-state index in [-0.39, 0.29) is 17.2 Å². The highest BCUT2D eigenvalue weighted by atomic mass is 19.1. The molecule has 0 saturated heterocycles. The van der Waals surface area contributed by atoms with Gasteiger partial charge in [0.15, 0.2) is 0 Å². The fraction of sp³-hybridized carbons (Fsp3) is 0.188. The Morgan fingerprint density at radius 3 is 2.62 bits per heavy atom. The molecule has 0 aromatic heterocycles. The molecule has 110 valence electrons. The van der Waals surface area contributed by atoms with E-state index in [0.717, 1.165) is 11.3 Å². The number of aryl methyl sites for hydroxylation is 1. The highest BCUT2D eigenvalue weighted by molar-refractivity contribution is 6.09. The summed E-state index contributed by atoms with van der Waals surface area (Å²) in [5, 5.41) is 0. The summed E-state index contributed by atoms with van der Waals surface area (Å²) in [5.41, 5.74) is 4.31. The van der Waals surface area contributed by atoms with Gasteiger partial charge in [0.2, 0.25) is 0 Å². The zero-order valence-electron chi connectivity index (χ0n) is 12.1. The molecule has 21 heavy (non-hydrogen) atoms. The molecule has 0 aliphatic carbocycles. The Morgan fingerprint density at radius 2 is 2.00 bits per heavy atom. The van der Waals surface area contributed by atoms with Crippen molar-refractivity contribution < 1.29 is 9.18 Å². The van der Waals surface area contributed by atoms with E-state index >= 15 is 0 Å². The third-order valence-electron chi connectivity index (χ3n) is 3.26. The van der Waals surface area contributed by atoms with Crippen molar-refractivity contribution in [1.82, 2.24) is 0 Å². The zero-order valence-corrected chi connectivity index (χ0v) is 12.1. The quantitative estimate of drug-likeness (QED) is 0.671. The normalized spacial score (nSPS) is 10.3. The Labute approximate surface area is 123 Å². The highest BCUT2D eigenvalue weighted by Crippen LogP contribution is 2.24. The summed E-state index contributed by atoms with van der Waals surface area (Å²) in [5.74, 6) is 4.48. The second kappa shape index (κ2) is 6.37. The number of carbonyl (C=O) groups is 1. The number of nitrogen functional groups attached to an aromatic ring is 1. The van der Waals surface area contributed by atoms with Crippen LogP contribution in [0.25, 0.3) is 0 Å². The number of halogens is 1. The van der Waals surface area contributed by atoms with Crippen LogP contribution in [-0.4, -0.2) is 12.5 Å². The minimum Gasteiger partial charge on any atom is -0.321 e. The number of rotatable bonds is 4. The van der Waals surface area contributed by atoms with Crippen LogP contribution in [0.1, 0.15) is 22.8 Å². The molecule has 0 bridgehead atoms. The van der Waals surface area contributed by atoms with Gasteiger partial charge in [-0.1, -0.05) is 18.2 Å². The monoisotopic (exact) mass is 287 g/mol. The van der Waals surface area contributed by atoms with E-state index in [2.05, 4.69) is 5.43 Å². The minimum atomic E-state index is -0.552. The molecule has 4 nitrogen and oxygen atoms in total. The maximum Gasteiger partial charge on any atom is 0.260 e. The van der Waals surface area contributed by atoms with E-state index in [1.54, 1.807) is 11.0 Å². The lowest BCUT2D eigenvalue weighted by molar-refractivity contribution is 0.0988. The van der Waals surface area contributed by atoms with Crippen LogP contribution in [0.15, 0.2) is 42.5 Å². The van der Waals surface area contributed by atoms with Gasteiger partial charge in [-0.25, -0.2) is 4.39 Å². The Balaban J connectivity index is 2.44. The van der Waals surface area contributed by atoms with Crippen LogP contribution in [0, 0.1) is 12.7 Å². The van der Waals surface area contributed by atoms with Gasteiger partial charge in [-0.05, 0) is 43.7 Å². The van der Waals surface area contributed by atoms with Crippen LogP contribution in [0.4, 0.5) is 15.8 Å². The molecule has 0 saturated carbocycles. The molecule has 0 fully saturated rings. The van der Waals surface area contributed by atoms with Gasteiger partial charge in [0.1, 0.15) is 5.82 Å². The van der Waals surface area contributed by atoms with Crippen LogP contribution in [-0.2, 0) is 0 Å². The predicted octanol–water partition coefficient (Wildman–Crippen LogP) is 3.09. The van der Waals surface area contributed by atoms with Crippen LogP contribution in [0.2, 0.25) is 0 Å². The van der Waals surface area contributed by atoms with Crippen molar-refractivity contribution in [3.63, 3.8) is 0 Å². The minimum absolute atomic E-state index is 0.00797. The topological polar surface area (TPSA) is 58.4 Å². The van der Waals surface area contributed by atoms with E-state index in [9.17, 15) is 9.18 Å². The number of nitrogens with one attached hydrogen (secondary N) is 1. The molecule has 0 radical (unpaired) electrons. The molecular formula is C16H18FN3O. The van der Waals surface area contributed by atoms with Crippen molar-refractivity contribution in [1.29, 1.82) is 0 Å². The maximum atomic E-state index is 13.7. The lowest BCUT2D eigenvalue weighted by atomic mass is 10.1. The number of carbonyl (C=O) groups excluding carboxylic acids is 1. The molecule has 2 aromatic carbocycles. The van der Waals surface area contributed by atoms with Gasteiger partial charge in [0, 0.05) is 12.2 Å². The van der Waals surface area contributed by atoms with Crippen molar-refractivity contribution in [2.45, 2.75) is 13.8 Å². The molecule has 0 spiro atoms. The van der Waals surface area contributed by atoms with Crippen molar-refractivity contribution in [2.24, 2.45) is 5.84 Å². The molecule has 0 atom stereocenters. The molecule has 0 aliphatic heterocycles. The first-order chi connectivity index (χ1) is 10.1. The van der Waals surface area contributed by atoms with Crippen LogP contribution >= 0.6 is 0 Å². The fourth-order valence-electron chi connectivity index (χ4n) is 2.23. The van der Waals surface area contributed by atoms with Gasteiger partial charge >= 0.3 is 0 Å². The third-order valence-corrected chi connectivity index (χ3v) is 3.26. The number of amides is 1. The van der Waals surface area contributed by atoms with E-state index < -0.39 is 5.82 Å². The zero-order chi connectivity index (χ0) is 15.4. The van der Waals surface area contributed by atoms with Gasteiger partial charge in [-0.3, -0.25) is 10.6 Å². The number of nitrogens with two attached hydrogens (primary N) is 1. The summed E-state index contributed by atoms with van der Waals surface area (Å²) in [7, 11) is 0. The second-order valence-electron chi connectivity index (χ2n) is 4.70. The number of benzene rings is 2. The SMILES string of the molecule is CCN(C(=O)c1cccc(F)c1NN)c1cccc(C)c1. The number of hydrogen-bond acceptors (Lipinski definition) is 3. The van der Waals surface area contributed by atoms with Gasteiger partial charge in [0.25, 0.3) is 5.91 Å². The molecule has 2 aromatic rings. The molecule has 1 amide bonds. The second-order valence-corrected chi connectivity index (χ2v) is 4.70. The summed E-state index contributed by atoms with van der Waals surface area (Å²) >= 11 is 0. The Morgan fingerprint density at radius 1 is 1.29 bits per heavy atom. The fourth-order valence-corrected chi connectivity index (χ4v) is 2.23. The predicted molar refractivity (Wildman–Crippen MR) is 82.7 cm³/mol. The Bertz CT molecular complexity index is 658. The van der Waals surface area contributed by atoms with Crippen molar-refractivity contribution in [3.05, 3.63) is 59.4 Å². The molecule has 2 rings (SSSR count). The van der Waals surface area contributed by atoms with Gasteiger partial charge in [0.05, 0.1) is 11.3 Å². The summed E-state index contributed by atoms with van der Waals surface area (Å²) in [6.07, 6.45) is 0.